The number of amides is 1. The summed E-state index contributed by atoms with van der Waals surface area (Å²) < 4.78 is 39.5. The van der Waals surface area contributed by atoms with Gasteiger partial charge in [0.15, 0.2) is 0 Å². The Morgan fingerprint density at radius 2 is 1.71 bits per heavy atom. The van der Waals surface area contributed by atoms with Crippen molar-refractivity contribution in [1.29, 1.82) is 0 Å². The van der Waals surface area contributed by atoms with E-state index >= 15 is 0 Å². The van der Waals surface area contributed by atoms with Gasteiger partial charge in [0.2, 0.25) is 15.7 Å². The van der Waals surface area contributed by atoms with Crippen molar-refractivity contribution in [1.82, 2.24) is 5.32 Å². The van der Waals surface area contributed by atoms with Crippen LogP contribution in [0.25, 0.3) is 0 Å². The lowest BCUT2D eigenvalue weighted by Gasteiger charge is -2.24. The predicted molar refractivity (Wildman–Crippen MR) is 127 cm³/mol. The van der Waals surface area contributed by atoms with Gasteiger partial charge in [0.05, 0.1) is 15.5 Å². The Labute approximate surface area is 202 Å². The number of carboxylic acids is 2. The number of benzene rings is 2. The molecule has 0 spiro atoms. The maximum absolute atomic E-state index is 13.5. The summed E-state index contributed by atoms with van der Waals surface area (Å²) in [6, 6.07) is 9.70. The van der Waals surface area contributed by atoms with E-state index < -0.39 is 27.6 Å². The molecular weight excluding hydrogens is 481 g/mol. The van der Waals surface area contributed by atoms with E-state index in [1.165, 1.54) is 31.2 Å². The minimum Gasteiger partial charge on any atom is -0.478 e. The predicted octanol–water partition coefficient (Wildman–Crippen LogP) is 2.13. The monoisotopic (exact) mass is 507 g/mol. The zero-order chi connectivity index (χ0) is 26.0. The summed E-state index contributed by atoms with van der Waals surface area (Å²) in [5.41, 5.74) is 1.03. The van der Waals surface area contributed by atoms with E-state index in [9.17, 15) is 27.2 Å². The smallest absolute Gasteiger partial charge is 0.328 e. The van der Waals surface area contributed by atoms with Crippen LogP contribution in [-0.2, 0) is 24.2 Å². The second-order valence-corrected chi connectivity index (χ2v) is 9.34. The molecule has 0 aromatic heterocycles. The van der Waals surface area contributed by atoms with E-state index in [0.717, 1.165) is 44.4 Å². The van der Waals surface area contributed by atoms with Gasteiger partial charge in [0, 0.05) is 44.4 Å². The van der Waals surface area contributed by atoms with Crippen molar-refractivity contribution >= 4 is 39.1 Å². The SMILES string of the molecule is CC(=O)Nc1cc(N2CCCNCC2)ccc1S(=O)(=O)c1cccc(F)c1.O=C(O)C=CC(=O)O. The molecule has 10 nitrogen and oxygen atoms in total. The number of aliphatic carboxylic acids is 2. The molecule has 1 heterocycles. The summed E-state index contributed by atoms with van der Waals surface area (Å²) in [7, 11) is -3.98. The molecule has 1 saturated heterocycles. The van der Waals surface area contributed by atoms with Crippen LogP contribution in [0.1, 0.15) is 13.3 Å². The molecule has 35 heavy (non-hydrogen) atoms. The molecule has 2 aromatic carbocycles. The molecule has 3 rings (SSSR count). The largest absolute Gasteiger partial charge is 0.478 e. The third-order valence-corrected chi connectivity index (χ3v) is 6.55. The summed E-state index contributed by atoms with van der Waals surface area (Å²) in [5, 5.41) is 21.5. The Morgan fingerprint density at radius 3 is 2.31 bits per heavy atom. The van der Waals surface area contributed by atoms with Crippen molar-refractivity contribution in [2.75, 3.05) is 36.4 Å². The van der Waals surface area contributed by atoms with Gasteiger partial charge in [0.25, 0.3) is 0 Å². The van der Waals surface area contributed by atoms with Crippen molar-refractivity contribution in [3.63, 3.8) is 0 Å². The van der Waals surface area contributed by atoms with Crippen molar-refractivity contribution in [2.24, 2.45) is 0 Å². The van der Waals surface area contributed by atoms with Gasteiger partial charge in [-0.2, -0.15) is 0 Å². The van der Waals surface area contributed by atoms with E-state index in [4.69, 9.17) is 10.2 Å². The maximum Gasteiger partial charge on any atom is 0.328 e. The van der Waals surface area contributed by atoms with Gasteiger partial charge in [-0.3, -0.25) is 4.79 Å². The van der Waals surface area contributed by atoms with Crippen LogP contribution in [0.2, 0.25) is 0 Å². The van der Waals surface area contributed by atoms with Gasteiger partial charge >= 0.3 is 11.9 Å². The molecule has 1 fully saturated rings. The fourth-order valence-corrected chi connectivity index (χ4v) is 4.67. The zero-order valence-electron chi connectivity index (χ0n) is 18.9. The number of hydrogen-bond acceptors (Lipinski definition) is 7. The number of anilines is 2. The van der Waals surface area contributed by atoms with Crippen LogP contribution < -0.4 is 15.5 Å². The summed E-state index contributed by atoms with van der Waals surface area (Å²) in [5.74, 6) is -3.52. The minimum absolute atomic E-state index is 0.0556. The molecule has 1 amide bonds. The number of carboxylic acid groups (broad SMARTS) is 2. The molecule has 4 N–H and O–H groups in total. The first-order chi connectivity index (χ1) is 16.5. The summed E-state index contributed by atoms with van der Waals surface area (Å²) in [6.07, 6.45) is 2.09. The van der Waals surface area contributed by atoms with Gasteiger partial charge in [-0.15, -0.1) is 0 Å². The summed E-state index contributed by atoms with van der Waals surface area (Å²) >= 11 is 0. The number of halogens is 1. The fourth-order valence-electron chi connectivity index (χ4n) is 3.24. The summed E-state index contributed by atoms with van der Waals surface area (Å²) in [6.45, 7) is 4.71. The molecule has 0 atom stereocenters. The van der Waals surface area contributed by atoms with Crippen molar-refractivity contribution < 1.29 is 37.4 Å². The zero-order valence-corrected chi connectivity index (χ0v) is 19.7. The number of nitrogens with zero attached hydrogens (tertiary/aromatic N) is 1. The second kappa shape index (κ2) is 12.6. The average Bonchev–Trinajstić information content (AvgIpc) is 3.07. The van der Waals surface area contributed by atoms with Crippen molar-refractivity contribution in [3.05, 3.63) is 60.4 Å². The quantitative estimate of drug-likeness (QED) is 0.431. The maximum atomic E-state index is 13.5. The van der Waals surface area contributed by atoms with Gasteiger partial charge in [-0.1, -0.05) is 6.07 Å². The molecule has 0 aliphatic carbocycles. The van der Waals surface area contributed by atoms with Crippen LogP contribution in [0.4, 0.5) is 15.8 Å². The number of carbonyl (C=O) groups excluding carboxylic acids is 1. The van der Waals surface area contributed by atoms with Crippen LogP contribution >= 0.6 is 0 Å². The van der Waals surface area contributed by atoms with Gasteiger partial charge in [-0.05, 0) is 49.4 Å². The third-order valence-electron chi connectivity index (χ3n) is 4.74. The molecule has 1 aliphatic rings. The Balaban J connectivity index is 0.000000466. The highest BCUT2D eigenvalue weighted by molar-refractivity contribution is 7.91. The molecule has 2 aromatic rings. The molecule has 188 valence electrons. The van der Waals surface area contributed by atoms with Gasteiger partial charge in [0.1, 0.15) is 5.82 Å². The lowest BCUT2D eigenvalue weighted by molar-refractivity contribution is -0.134. The van der Waals surface area contributed by atoms with Crippen LogP contribution in [0.5, 0.6) is 0 Å². The first-order valence-electron chi connectivity index (χ1n) is 10.5. The number of rotatable bonds is 6. The Morgan fingerprint density at radius 1 is 1.03 bits per heavy atom. The number of carbonyl (C=O) groups is 3. The van der Waals surface area contributed by atoms with E-state index in [2.05, 4.69) is 15.5 Å². The van der Waals surface area contributed by atoms with Crippen LogP contribution in [0, 0.1) is 5.82 Å². The molecule has 0 saturated carbocycles. The lowest BCUT2D eigenvalue weighted by Crippen LogP contribution is -2.28. The van der Waals surface area contributed by atoms with E-state index in [1.54, 1.807) is 12.1 Å². The summed E-state index contributed by atoms with van der Waals surface area (Å²) in [4.78, 5) is 32.7. The normalized spacial score (nSPS) is 13.9. The molecule has 12 heteroatoms. The third kappa shape index (κ3) is 8.50. The van der Waals surface area contributed by atoms with Crippen molar-refractivity contribution in [2.45, 2.75) is 23.1 Å². The van der Waals surface area contributed by atoms with Crippen LogP contribution in [-0.4, -0.2) is 62.7 Å². The van der Waals surface area contributed by atoms with E-state index in [1.807, 2.05) is 0 Å². The van der Waals surface area contributed by atoms with Gasteiger partial charge < -0.3 is 25.7 Å². The topological polar surface area (TPSA) is 153 Å². The second-order valence-electron chi connectivity index (χ2n) is 7.42. The van der Waals surface area contributed by atoms with E-state index in [0.29, 0.717) is 12.2 Å². The Kier molecular flexibility index (Phi) is 9.91. The molecule has 1 aliphatic heterocycles. The molecule has 0 unspecified atom stereocenters. The molecule has 0 radical (unpaired) electrons. The highest BCUT2D eigenvalue weighted by atomic mass is 32.2. The van der Waals surface area contributed by atoms with Crippen LogP contribution in [0.15, 0.2) is 64.4 Å². The Bertz CT molecular complexity index is 1190. The highest BCUT2D eigenvalue weighted by Crippen LogP contribution is 2.32. The Hall–Kier alpha value is -3.77. The minimum atomic E-state index is -3.98. The molecule has 0 bridgehead atoms. The molecular formula is C23H26FN3O7S. The number of sulfone groups is 1. The fraction of sp³-hybridized carbons (Fsp3) is 0.261. The average molecular weight is 508 g/mol. The standard InChI is InChI=1S/C19H22FN3O3S.C4H4O4/c1-14(24)22-18-13-16(23-10-3-8-21-9-11-23)6-7-19(18)27(25,26)17-5-2-4-15(20)12-17;5-3(6)1-2-4(7)8/h2,4-7,12-13,21H,3,8-11H2,1H3,(H,22,24);1-2H,(H,5,6)(H,7,8). The first-order valence-corrected chi connectivity index (χ1v) is 12.0. The van der Waals surface area contributed by atoms with E-state index in [-0.39, 0.29) is 21.4 Å². The van der Waals surface area contributed by atoms with Crippen LogP contribution in [0.3, 0.4) is 0 Å². The van der Waals surface area contributed by atoms with Gasteiger partial charge in [-0.25, -0.2) is 22.4 Å². The highest BCUT2D eigenvalue weighted by Gasteiger charge is 2.24. The lowest BCUT2D eigenvalue weighted by atomic mass is 10.2. The van der Waals surface area contributed by atoms with Crippen molar-refractivity contribution in [3.8, 4) is 0 Å². The number of nitrogens with one attached hydrogen (secondary N) is 2. The number of hydrogen-bond donors (Lipinski definition) is 4. The first kappa shape index (κ1) is 27.5.